The van der Waals surface area contributed by atoms with Gasteiger partial charge < -0.3 is 9.30 Å². The number of fused-ring (bicyclic) bond motifs is 1. The topological polar surface area (TPSA) is 27.1 Å². The Morgan fingerprint density at radius 2 is 2.14 bits per heavy atom. The molecule has 0 N–H and O–H groups in total. The number of methoxy groups -OCH3 is 1. The van der Waals surface area contributed by atoms with Crippen molar-refractivity contribution >= 4 is 34.4 Å². The van der Waals surface area contributed by atoms with Gasteiger partial charge in [0.2, 0.25) is 0 Å². The Bertz CT molecular complexity index is 634. The third-order valence-electron chi connectivity index (χ3n) is 4.55. The van der Waals surface area contributed by atoms with Gasteiger partial charge in [0.05, 0.1) is 18.5 Å². The summed E-state index contributed by atoms with van der Waals surface area (Å²) in [6.07, 6.45) is 7.43. The predicted octanol–water partition coefficient (Wildman–Crippen LogP) is 4.46. The first kappa shape index (κ1) is 15.0. The molecule has 0 unspecified atom stereocenters. The van der Waals surface area contributed by atoms with E-state index in [1.54, 1.807) is 7.11 Å². The standard InChI is InChI=1S/C16H21ClN2OS/c1-20-13-7-5-6-12-15(13)18-14(10-17)19(12)11-16(21-2)8-3-4-9-16/h5-7H,3-4,8-11H2,1-2H3. The second-order valence-corrected chi connectivity index (χ2v) is 7.21. The molecule has 1 aromatic heterocycles. The van der Waals surface area contributed by atoms with Gasteiger partial charge in [0.15, 0.2) is 0 Å². The van der Waals surface area contributed by atoms with Gasteiger partial charge in [-0.3, -0.25) is 0 Å². The summed E-state index contributed by atoms with van der Waals surface area (Å²) in [6.45, 7) is 0.986. The molecule has 114 valence electrons. The fourth-order valence-corrected chi connectivity index (χ4v) is 4.51. The minimum absolute atomic E-state index is 0.331. The van der Waals surface area contributed by atoms with Crippen LogP contribution in [0.1, 0.15) is 31.5 Å². The minimum atomic E-state index is 0.331. The zero-order valence-corrected chi connectivity index (χ0v) is 14.1. The SMILES string of the molecule is COc1cccc2c1nc(CCl)n2CC1(SC)CCCC1. The summed E-state index contributed by atoms with van der Waals surface area (Å²) in [5, 5.41) is 0. The van der Waals surface area contributed by atoms with Gasteiger partial charge in [-0.2, -0.15) is 11.8 Å². The molecule has 0 spiro atoms. The average Bonchev–Trinajstić information content (AvgIpc) is 3.13. The molecule has 1 heterocycles. The molecular formula is C16H21ClN2OS. The van der Waals surface area contributed by atoms with E-state index in [1.165, 1.54) is 25.7 Å². The Balaban J connectivity index is 2.08. The zero-order valence-electron chi connectivity index (χ0n) is 12.6. The molecule has 1 aliphatic carbocycles. The lowest BCUT2D eigenvalue weighted by Crippen LogP contribution is -2.27. The van der Waals surface area contributed by atoms with Crippen LogP contribution in [0, 0.1) is 0 Å². The van der Waals surface area contributed by atoms with Crippen molar-refractivity contribution in [2.75, 3.05) is 13.4 Å². The van der Waals surface area contributed by atoms with Gasteiger partial charge in [-0.1, -0.05) is 18.9 Å². The van der Waals surface area contributed by atoms with Crippen molar-refractivity contribution in [1.29, 1.82) is 0 Å². The fourth-order valence-electron chi connectivity index (χ4n) is 3.35. The predicted molar refractivity (Wildman–Crippen MR) is 90.6 cm³/mol. The second-order valence-electron chi connectivity index (χ2n) is 5.67. The van der Waals surface area contributed by atoms with Crippen LogP contribution in [-0.4, -0.2) is 27.7 Å². The number of benzene rings is 1. The van der Waals surface area contributed by atoms with E-state index in [-0.39, 0.29) is 0 Å². The van der Waals surface area contributed by atoms with Crippen LogP contribution in [0.5, 0.6) is 5.75 Å². The summed E-state index contributed by atoms with van der Waals surface area (Å²) in [4.78, 5) is 4.71. The monoisotopic (exact) mass is 324 g/mol. The number of para-hydroxylation sites is 1. The minimum Gasteiger partial charge on any atom is -0.494 e. The number of thioether (sulfide) groups is 1. The van der Waals surface area contributed by atoms with E-state index >= 15 is 0 Å². The van der Waals surface area contributed by atoms with Crippen molar-refractivity contribution < 1.29 is 4.74 Å². The molecule has 0 aliphatic heterocycles. The van der Waals surface area contributed by atoms with Gasteiger partial charge in [0, 0.05) is 11.3 Å². The molecule has 1 aliphatic rings. The highest BCUT2D eigenvalue weighted by Gasteiger charge is 2.34. The van der Waals surface area contributed by atoms with Gasteiger partial charge in [-0.15, -0.1) is 11.6 Å². The van der Waals surface area contributed by atoms with E-state index < -0.39 is 0 Å². The number of alkyl halides is 1. The van der Waals surface area contributed by atoms with E-state index in [0.29, 0.717) is 10.6 Å². The first-order chi connectivity index (χ1) is 10.2. The molecule has 1 fully saturated rings. The summed E-state index contributed by atoms with van der Waals surface area (Å²) in [5.41, 5.74) is 2.05. The maximum atomic E-state index is 6.14. The van der Waals surface area contributed by atoms with Crippen molar-refractivity contribution in [3.05, 3.63) is 24.0 Å². The molecule has 0 bridgehead atoms. The lowest BCUT2D eigenvalue weighted by molar-refractivity contribution is 0.419. The van der Waals surface area contributed by atoms with Gasteiger partial charge in [0.25, 0.3) is 0 Å². The quantitative estimate of drug-likeness (QED) is 0.760. The van der Waals surface area contributed by atoms with Crippen molar-refractivity contribution in [2.24, 2.45) is 0 Å². The zero-order chi connectivity index (χ0) is 14.9. The van der Waals surface area contributed by atoms with Crippen LogP contribution in [-0.2, 0) is 12.4 Å². The summed E-state index contributed by atoms with van der Waals surface area (Å²) in [7, 11) is 1.69. The molecule has 2 aromatic rings. The van der Waals surface area contributed by atoms with Crippen molar-refractivity contribution in [3.63, 3.8) is 0 Å². The Labute approximate surface area is 135 Å². The lowest BCUT2D eigenvalue weighted by Gasteiger charge is -2.28. The highest BCUT2D eigenvalue weighted by Crippen LogP contribution is 2.42. The van der Waals surface area contributed by atoms with Gasteiger partial charge in [0.1, 0.15) is 17.1 Å². The Kier molecular flexibility index (Phi) is 4.36. The molecule has 0 radical (unpaired) electrons. The smallest absolute Gasteiger partial charge is 0.146 e. The normalized spacial score (nSPS) is 17.5. The van der Waals surface area contributed by atoms with Crippen LogP contribution in [0.3, 0.4) is 0 Å². The number of nitrogens with zero attached hydrogens (tertiary/aromatic N) is 2. The number of halogens is 1. The molecule has 0 saturated heterocycles. The van der Waals surface area contributed by atoms with Crippen molar-refractivity contribution in [3.8, 4) is 5.75 Å². The number of rotatable bonds is 5. The first-order valence-corrected chi connectivity index (χ1v) is 9.12. The Morgan fingerprint density at radius 1 is 1.38 bits per heavy atom. The number of hydrogen-bond donors (Lipinski definition) is 0. The van der Waals surface area contributed by atoms with Crippen LogP contribution in [0.4, 0.5) is 0 Å². The molecule has 5 heteroatoms. The van der Waals surface area contributed by atoms with E-state index in [2.05, 4.69) is 16.9 Å². The summed E-state index contributed by atoms with van der Waals surface area (Å²) in [5.74, 6) is 2.20. The maximum absolute atomic E-state index is 6.14. The molecular weight excluding hydrogens is 304 g/mol. The third kappa shape index (κ3) is 2.64. The number of aromatic nitrogens is 2. The molecule has 21 heavy (non-hydrogen) atoms. The van der Waals surface area contributed by atoms with Crippen molar-refractivity contribution in [2.45, 2.75) is 42.9 Å². The molecule has 3 nitrogen and oxygen atoms in total. The highest BCUT2D eigenvalue weighted by molar-refractivity contribution is 8.00. The maximum Gasteiger partial charge on any atom is 0.146 e. The van der Waals surface area contributed by atoms with Crippen LogP contribution in [0.25, 0.3) is 11.0 Å². The van der Waals surface area contributed by atoms with Crippen LogP contribution in [0.2, 0.25) is 0 Å². The van der Waals surface area contributed by atoms with Crippen LogP contribution in [0.15, 0.2) is 18.2 Å². The largest absolute Gasteiger partial charge is 0.494 e. The number of imidazole rings is 1. The second kappa shape index (κ2) is 6.09. The highest BCUT2D eigenvalue weighted by atomic mass is 35.5. The van der Waals surface area contributed by atoms with Gasteiger partial charge in [-0.05, 0) is 31.2 Å². The summed E-state index contributed by atoms with van der Waals surface area (Å²) in [6, 6.07) is 6.10. The number of hydrogen-bond acceptors (Lipinski definition) is 3. The van der Waals surface area contributed by atoms with Crippen LogP contribution < -0.4 is 4.74 Å². The molecule has 1 aromatic carbocycles. The lowest BCUT2D eigenvalue weighted by atomic mass is 10.1. The van der Waals surface area contributed by atoms with Gasteiger partial charge >= 0.3 is 0 Å². The van der Waals surface area contributed by atoms with E-state index in [4.69, 9.17) is 21.3 Å². The Hall–Kier alpha value is -0.870. The molecule has 3 rings (SSSR count). The average molecular weight is 325 g/mol. The summed E-state index contributed by atoms with van der Waals surface area (Å²) < 4.78 is 8.07. The van der Waals surface area contributed by atoms with E-state index in [1.807, 2.05) is 23.9 Å². The van der Waals surface area contributed by atoms with Gasteiger partial charge in [-0.25, -0.2) is 4.98 Å². The van der Waals surface area contributed by atoms with E-state index in [0.717, 1.165) is 29.2 Å². The van der Waals surface area contributed by atoms with Crippen molar-refractivity contribution in [1.82, 2.24) is 9.55 Å². The fraction of sp³-hybridized carbons (Fsp3) is 0.562. The van der Waals surface area contributed by atoms with Crippen LogP contribution >= 0.6 is 23.4 Å². The summed E-state index contributed by atoms with van der Waals surface area (Å²) >= 11 is 8.14. The third-order valence-corrected chi connectivity index (χ3v) is 6.20. The number of ether oxygens (including phenoxy) is 1. The molecule has 1 saturated carbocycles. The van der Waals surface area contributed by atoms with E-state index in [9.17, 15) is 0 Å². The Morgan fingerprint density at radius 3 is 2.76 bits per heavy atom. The molecule has 0 amide bonds. The molecule has 0 atom stereocenters. The first-order valence-electron chi connectivity index (χ1n) is 7.36.